The van der Waals surface area contributed by atoms with Crippen LogP contribution in [0.2, 0.25) is 0 Å². The maximum atomic E-state index is 12.3. The summed E-state index contributed by atoms with van der Waals surface area (Å²) < 4.78 is 35.3. The molecular formula is C14H16N4O4S. The van der Waals surface area contributed by atoms with Crippen molar-refractivity contribution in [2.24, 2.45) is 7.05 Å². The second-order valence-electron chi connectivity index (χ2n) is 5.11. The lowest BCUT2D eigenvalue weighted by atomic mass is 10.3. The molecule has 3 aromatic rings. The second-order valence-corrected chi connectivity index (χ2v) is 6.88. The number of fused-ring (bicyclic) bond motifs is 1. The molecule has 8 nitrogen and oxygen atoms in total. The molecule has 9 heteroatoms. The fourth-order valence-corrected chi connectivity index (χ4v) is 3.34. The standard InChI is InChI=1S/C14H16N4O4S/c1-17-12-4-3-11(9-13(12)22-14(17)19)23(20,21)16-5-2-7-18-8-6-15-10-18/h3-4,6,8-10,16H,2,5,7H2,1H3. The molecule has 23 heavy (non-hydrogen) atoms. The Morgan fingerprint density at radius 1 is 1.35 bits per heavy atom. The van der Waals surface area contributed by atoms with Crippen LogP contribution in [0.25, 0.3) is 11.1 Å². The molecule has 2 aromatic heterocycles. The van der Waals surface area contributed by atoms with Gasteiger partial charge in [0.1, 0.15) is 0 Å². The highest BCUT2D eigenvalue weighted by Gasteiger charge is 2.16. The highest BCUT2D eigenvalue weighted by molar-refractivity contribution is 7.89. The van der Waals surface area contributed by atoms with Crippen LogP contribution < -0.4 is 10.5 Å². The molecule has 0 aliphatic carbocycles. The van der Waals surface area contributed by atoms with Crippen LogP contribution in [0, 0.1) is 0 Å². The molecule has 0 bridgehead atoms. The molecule has 0 radical (unpaired) electrons. The van der Waals surface area contributed by atoms with Gasteiger partial charge in [-0.3, -0.25) is 4.57 Å². The van der Waals surface area contributed by atoms with Crippen molar-refractivity contribution in [1.82, 2.24) is 18.8 Å². The number of benzene rings is 1. The zero-order chi connectivity index (χ0) is 16.4. The predicted molar refractivity (Wildman–Crippen MR) is 83.5 cm³/mol. The molecule has 0 amide bonds. The van der Waals surface area contributed by atoms with Crippen molar-refractivity contribution in [3.63, 3.8) is 0 Å². The lowest BCUT2D eigenvalue weighted by Gasteiger charge is -2.07. The molecular weight excluding hydrogens is 320 g/mol. The van der Waals surface area contributed by atoms with Gasteiger partial charge in [-0.2, -0.15) is 0 Å². The number of oxazole rings is 1. The van der Waals surface area contributed by atoms with E-state index in [-0.39, 0.29) is 10.5 Å². The number of hydrogen-bond donors (Lipinski definition) is 1. The third-order valence-corrected chi connectivity index (χ3v) is 4.98. The minimum Gasteiger partial charge on any atom is -0.408 e. The van der Waals surface area contributed by atoms with Crippen molar-refractivity contribution < 1.29 is 12.8 Å². The Kier molecular flexibility index (Phi) is 4.05. The number of aromatic nitrogens is 3. The highest BCUT2D eigenvalue weighted by Crippen LogP contribution is 2.17. The largest absolute Gasteiger partial charge is 0.419 e. The first kappa shape index (κ1) is 15.5. The monoisotopic (exact) mass is 336 g/mol. The van der Waals surface area contributed by atoms with Gasteiger partial charge in [0.15, 0.2) is 5.58 Å². The Morgan fingerprint density at radius 2 is 2.17 bits per heavy atom. The molecule has 0 spiro atoms. The van der Waals surface area contributed by atoms with Gasteiger partial charge in [-0.1, -0.05) is 0 Å². The molecule has 3 rings (SSSR count). The lowest BCUT2D eigenvalue weighted by Crippen LogP contribution is -2.25. The fraction of sp³-hybridized carbons (Fsp3) is 0.286. The van der Waals surface area contributed by atoms with Gasteiger partial charge in [0, 0.05) is 38.6 Å². The van der Waals surface area contributed by atoms with E-state index in [1.165, 1.54) is 16.7 Å². The van der Waals surface area contributed by atoms with E-state index in [2.05, 4.69) is 9.71 Å². The molecule has 0 atom stereocenters. The third-order valence-electron chi connectivity index (χ3n) is 3.52. The van der Waals surface area contributed by atoms with E-state index in [4.69, 9.17) is 4.42 Å². The van der Waals surface area contributed by atoms with Crippen LogP contribution >= 0.6 is 0 Å². The van der Waals surface area contributed by atoms with Crippen molar-refractivity contribution in [3.05, 3.63) is 47.5 Å². The number of hydrogen-bond acceptors (Lipinski definition) is 5. The summed E-state index contributed by atoms with van der Waals surface area (Å²) in [6.07, 6.45) is 5.81. The fourth-order valence-electron chi connectivity index (χ4n) is 2.25. The first-order valence-corrected chi connectivity index (χ1v) is 8.51. The van der Waals surface area contributed by atoms with Gasteiger partial charge in [-0.15, -0.1) is 0 Å². The molecule has 1 aromatic carbocycles. The predicted octanol–water partition coefficient (Wildman–Crippen LogP) is 0.697. The van der Waals surface area contributed by atoms with Crippen molar-refractivity contribution in [2.75, 3.05) is 6.54 Å². The Labute approximate surface area is 132 Å². The summed E-state index contributed by atoms with van der Waals surface area (Å²) in [5.74, 6) is -0.525. The van der Waals surface area contributed by atoms with Crippen LogP contribution in [-0.4, -0.2) is 29.1 Å². The highest BCUT2D eigenvalue weighted by atomic mass is 32.2. The zero-order valence-corrected chi connectivity index (χ0v) is 13.3. The summed E-state index contributed by atoms with van der Waals surface area (Å²) in [6.45, 7) is 0.979. The van der Waals surface area contributed by atoms with Gasteiger partial charge in [0.2, 0.25) is 10.0 Å². The van der Waals surface area contributed by atoms with E-state index in [0.717, 1.165) is 0 Å². The van der Waals surface area contributed by atoms with E-state index in [9.17, 15) is 13.2 Å². The quantitative estimate of drug-likeness (QED) is 0.668. The van der Waals surface area contributed by atoms with Crippen LogP contribution in [-0.2, 0) is 23.6 Å². The second kappa shape index (κ2) is 6.01. The number of sulfonamides is 1. The Hall–Kier alpha value is -2.39. The van der Waals surface area contributed by atoms with Crippen LogP contribution in [0.5, 0.6) is 0 Å². The number of rotatable bonds is 6. The average molecular weight is 336 g/mol. The molecule has 122 valence electrons. The third kappa shape index (κ3) is 3.20. The zero-order valence-electron chi connectivity index (χ0n) is 12.5. The van der Waals surface area contributed by atoms with Gasteiger partial charge >= 0.3 is 5.76 Å². The molecule has 0 saturated heterocycles. The Morgan fingerprint density at radius 3 is 2.91 bits per heavy atom. The molecule has 2 heterocycles. The minimum atomic E-state index is -3.64. The van der Waals surface area contributed by atoms with E-state index >= 15 is 0 Å². The Balaban J connectivity index is 1.70. The number of nitrogens with one attached hydrogen (secondary N) is 1. The molecule has 1 N–H and O–H groups in total. The molecule has 0 fully saturated rings. The average Bonchev–Trinajstić information content (AvgIpc) is 3.13. The van der Waals surface area contributed by atoms with E-state index in [0.29, 0.717) is 25.0 Å². The van der Waals surface area contributed by atoms with Crippen LogP contribution in [0.15, 0.2) is 51.0 Å². The summed E-state index contributed by atoms with van der Waals surface area (Å²) >= 11 is 0. The van der Waals surface area contributed by atoms with Gasteiger partial charge in [0.05, 0.1) is 16.7 Å². The Bertz CT molecular complexity index is 970. The van der Waals surface area contributed by atoms with Gasteiger partial charge in [-0.05, 0) is 18.6 Å². The maximum absolute atomic E-state index is 12.3. The summed E-state index contributed by atoms with van der Waals surface area (Å²) in [7, 11) is -2.08. The number of aryl methyl sites for hydroxylation is 2. The smallest absolute Gasteiger partial charge is 0.408 e. The van der Waals surface area contributed by atoms with Crippen molar-refractivity contribution in [1.29, 1.82) is 0 Å². The van der Waals surface area contributed by atoms with Crippen molar-refractivity contribution >= 4 is 21.1 Å². The minimum absolute atomic E-state index is 0.0713. The summed E-state index contributed by atoms with van der Waals surface area (Å²) in [4.78, 5) is 15.4. The van der Waals surface area contributed by atoms with E-state index in [1.54, 1.807) is 25.6 Å². The van der Waals surface area contributed by atoms with Crippen LogP contribution in [0.4, 0.5) is 0 Å². The molecule has 0 saturated carbocycles. The first-order chi connectivity index (χ1) is 11.0. The SMILES string of the molecule is Cn1c(=O)oc2cc(S(=O)(=O)NCCCn3ccnc3)ccc21. The van der Waals surface area contributed by atoms with Crippen LogP contribution in [0.1, 0.15) is 6.42 Å². The van der Waals surface area contributed by atoms with Crippen LogP contribution in [0.3, 0.4) is 0 Å². The number of imidazole rings is 1. The van der Waals surface area contributed by atoms with Crippen molar-refractivity contribution in [2.45, 2.75) is 17.9 Å². The molecule has 0 aliphatic heterocycles. The van der Waals surface area contributed by atoms with Gasteiger partial charge in [0.25, 0.3) is 0 Å². The van der Waals surface area contributed by atoms with Gasteiger partial charge < -0.3 is 8.98 Å². The molecule has 0 aliphatic rings. The lowest BCUT2D eigenvalue weighted by molar-refractivity contribution is 0.527. The van der Waals surface area contributed by atoms with E-state index < -0.39 is 15.8 Å². The molecule has 0 unspecified atom stereocenters. The first-order valence-electron chi connectivity index (χ1n) is 7.02. The van der Waals surface area contributed by atoms with E-state index in [1.807, 2.05) is 10.8 Å². The summed E-state index contributed by atoms with van der Waals surface area (Å²) in [5.41, 5.74) is 0.799. The number of nitrogens with zero attached hydrogens (tertiary/aromatic N) is 3. The van der Waals surface area contributed by atoms with Crippen molar-refractivity contribution in [3.8, 4) is 0 Å². The van der Waals surface area contributed by atoms with Gasteiger partial charge in [-0.25, -0.2) is 22.9 Å². The summed E-state index contributed by atoms with van der Waals surface area (Å²) in [5, 5.41) is 0. The normalized spacial score (nSPS) is 12.0. The summed E-state index contributed by atoms with van der Waals surface area (Å²) in [6, 6.07) is 4.37. The maximum Gasteiger partial charge on any atom is 0.419 e. The topological polar surface area (TPSA) is 99.1 Å².